The summed E-state index contributed by atoms with van der Waals surface area (Å²) in [5, 5.41) is 3.20. The molecule has 5 heteroatoms. The molecule has 0 saturated carbocycles. The van der Waals surface area contributed by atoms with Crippen molar-refractivity contribution in [2.45, 2.75) is 13.0 Å². The van der Waals surface area contributed by atoms with E-state index in [0.717, 1.165) is 29.7 Å². The number of benzene rings is 1. The SMILES string of the molecule is CCNCC(N)c1ccc2[nH]c(=O)[nH]c2c1. The van der Waals surface area contributed by atoms with Crippen LogP contribution in [0.2, 0.25) is 0 Å². The van der Waals surface area contributed by atoms with Crippen LogP contribution in [-0.4, -0.2) is 23.1 Å². The fourth-order valence-corrected chi connectivity index (χ4v) is 1.70. The Balaban J connectivity index is 2.27. The van der Waals surface area contributed by atoms with Gasteiger partial charge in [-0.3, -0.25) is 0 Å². The van der Waals surface area contributed by atoms with Gasteiger partial charge in [-0.05, 0) is 24.2 Å². The van der Waals surface area contributed by atoms with Gasteiger partial charge < -0.3 is 21.0 Å². The van der Waals surface area contributed by atoms with Crippen LogP contribution in [0, 0.1) is 0 Å². The van der Waals surface area contributed by atoms with E-state index in [0.29, 0.717) is 0 Å². The van der Waals surface area contributed by atoms with Crippen LogP contribution >= 0.6 is 0 Å². The van der Waals surface area contributed by atoms with Crippen LogP contribution in [-0.2, 0) is 0 Å². The number of likely N-dealkylation sites (N-methyl/N-ethyl adjacent to an activating group) is 1. The molecule has 1 heterocycles. The maximum atomic E-state index is 11.1. The van der Waals surface area contributed by atoms with Crippen molar-refractivity contribution in [3.8, 4) is 0 Å². The third-order valence-corrected chi connectivity index (χ3v) is 2.58. The van der Waals surface area contributed by atoms with Crippen LogP contribution in [0.1, 0.15) is 18.5 Å². The van der Waals surface area contributed by atoms with Crippen molar-refractivity contribution in [3.05, 3.63) is 34.2 Å². The third kappa shape index (κ3) is 2.15. The number of fused-ring (bicyclic) bond motifs is 1. The van der Waals surface area contributed by atoms with E-state index in [9.17, 15) is 4.79 Å². The second-order valence-corrected chi connectivity index (χ2v) is 3.80. The van der Waals surface area contributed by atoms with Gasteiger partial charge in [0.1, 0.15) is 0 Å². The molecule has 2 rings (SSSR count). The molecule has 0 aliphatic rings. The summed E-state index contributed by atoms with van der Waals surface area (Å²) in [7, 11) is 0. The molecule has 16 heavy (non-hydrogen) atoms. The van der Waals surface area contributed by atoms with Crippen LogP contribution in [0.5, 0.6) is 0 Å². The lowest BCUT2D eigenvalue weighted by Gasteiger charge is -2.12. The van der Waals surface area contributed by atoms with E-state index in [2.05, 4.69) is 15.3 Å². The Kier molecular flexibility index (Phi) is 3.07. The Morgan fingerprint density at radius 1 is 1.38 bits per heavy atom. The summed E-state index contributed by atoms with van der Waals surface area (Å²) in [4.78, 5) is 16.5. The summed E-state index contributed by atoms with van der Waals surface area (Å²) < 4.78 is 0. The van der Waals surface area contributed by atoms with E-state index < -0.39 is 0 Å². The van der Waals surface area contributed by atoms with E-state index in [-0.39, 0.29) is 11.7 Å². The van der Waals surface area contributed by atoms with Gasteiger partial charge in [0.15, 0.2) is 0 Å². The highest BCUT2D eigenvalue weighted by atomic mass is 16.1. The number of nitrogens with one attached hydrogen (secondary N) is 3. The normalized spacial score (nSPS) is 13.1. The zero-order valence-corrected chi connectivity index (χ0v) is 9.21. The molecule has 0 radical (unpaired) electrons. The van der Waals surface area contributed by atoms with Gasteiger partial charge in [0.25, 0.3) is 0 Å². The molecule has 5 nitrogen and oxygen atoms in total. The summed E-state index contributed by atoms with van der Waals surface area (Å²) in [5.41, 5.74) is 8.45. The minimum Gasteiger partial charge on any atom is -0.323 e. The average Bonchev–Trinajstić information content (AvgIpc) is 2.64. The molecule has 0 saturated heterocycles. The predicted octanol–water partition coefficient (Wildman–Crippen LogP) is 0.465. The molecule has 0 aliphatic carbocycles. The number of aromatic nitrogens is 2. The first-order valence-electron chi connectivity index (χ1n) is 5.39. The van der Waals surface area contributed by atoms with Gasteiger partial charge in [-0.25, -0.2) is 4.79 Å². The second kappa shape index (κ2) is 4.51. The van der Waals surface area contributed by atoms with E-state index >= 15 is 0 Å². The highest BCUT2D eigenvalue weighted by Gasteiger charge is 2.06. The molecule has 0 bridgehead atoms. The summed E-state index contributed by atoms with van der Waals surface area (Å²) in [6.07, 6.45) is 0. The molecule has 1 unspecified atom stereocenters. The predicted molar refractivity (Wildman–Crippen MR) is 64.4 cm³/mol. The lowest BCUT2D eigenvalue weighted by Crippen LogP contribution is -2.26. The molecule has 1 atom stereocenters. The van der Waals surface area contributed by atoms with Crippen LogP contribution < -0.4 is 16.7 Å². The fraction of sp³-hybridized carbons (Fsp3) is 0.364. The van der Waals surface area contributed by atoms with Crippen molar-refractivity contribution in [2.75, 3.05) is 13.1 Å². The smallest absolute Gasteiger partial charge is 0.323 e. The van der Waals surface area contributed by atoms with Crippen LogP contribution in [0.3, 0.4) is 0 Å². The van der Waals surface area contributed by atoms with Crippen molar-refractivity contribution in [1.82, 2.24) is 15.3 Å². The lowest BCUT2D eigenvalue weighted by atomic mass is 10.1. The molecular weight excluding hydrogens is 204 g/mol. The van der Waals surface area contributed by atoms with E-state index in [1.807, 2.05) is 25.1 Å². The number of imidazole rings is 1. The summed E-state index contributed by atoms with van der Waals surface area (Å²) >= 11 is 0. The Labute approximate surface area is 93.1 Å². The number of H-pyrrole nitrogens is 2. The first-order valence-corrected chi connectivity index (χ1v) is 5.39. The highest BCUT2D eigenvalue weighted by molar-refractivity contribution is 5.75. The van der Waals surface area contributed by atoms with Gasteiger partial charge in [-0.2, -0.15) is 0 Å². The number of nitrogens with two attached hydrogens (primary N) is 1. The topological polar surface area (TPSA) is 86.7 Å². The van der Waals surface area contributed by atoms with Crippen LogP contribution in [0.4, 0.5) is 0 Å². The van der Waals surface area contributed by atoms with E-state index in [1.54, 1.807) is 0 Å². The third-order valence-electron chi connectivity index (χ3n) is 2.58. The van der Waals surface area contributed by atoms with Crippen LogP contribution in [0.15, 0.2) is 23.0 Å². The van der Waals surface area contributed by atoms with Gasteiger partial charge in [-0.1, -0.05) is 13.0 Å². The minimum absolute atomic E-state index is 0.0530. The van der Waals surface area contributed by atoms with E-state index in [1.165, 1.54) is 0 Å². The molecule has 0 spiro atoms. The van der Waals surface area contributed by atoms with Gasteiger partial charge in [-0.15, -0.1) is 0 Å². The Bertz CT molecular complexity index is 528. The molecule has 5 N–H and O–H groups in total. The molecule has 86 valence electrons. The summed E-state index contributed by atoms with van der Waals surface area (Å²) in [6.45, 7) is 3.67. The van der Waals surface area contributed by atoms with Crippen molar-refractivity contribution < 1.29 is 0 Å². The average molecular weight is 220 g/mol. The van der Waals surface area contributed by atoms with Gasteiger partial charge >= 0.3 is 5.69 Å². The maximum absolute atomic E-state index is 11.1. The largest absolute Gasteiger partial charge is 0.323 e. The molecule has 2 aromatic rings. The number of rotatable bonds is 4. The highest BCUT2D eigenvalue weighted by Crippen LogP contribution is 2.14. The molecule has 0 aliphatic heterocycles. The zero-order chi connectivity index (χ0) is 11.5. The van der Waals surface area contributed by atoms with Crippen LogP contribution in [0.25, 0.3) is 11.0 Å². The first-order chi connectivity index (χ1) is 7.70. The fourth-order valence-electron chi connectivity index (χ4n) is 1.70. The Hall–Kier alpha value is -1.59. The lowest BCUT2D eigenvalue weighted by molar-refractivity contribution is 0.616. The zero-order valence-electron chi connectivity index (χ0n) is 9.21. The number of hydrogen-bond donors (Lipinski definition) is 4. The quantitative estimate of drug-likeness (QED) is 0.604. The minimum atomic E-state index is -0.188. The van der Waals surface area contributed by atoms with E-state index in [4.69, 9.17) is 5.73 Å². The molecule has 1 aromatic carbocycles. The monoisotopic (exact) mass is 220 g/mol. The van der Waals surface area contributed by atoms with Crippen molar-refractivity contribution in [1.29, 1.82) is 0 Å². The van der Waals surface area contributed by atoms with Gasteiger partial charge in [0.05, 0.1) is 11.0 Å². The number of aromatic amines is 2. The summed E-state index contributed by atoms with van der Waals surface area (Å²) in [5.74, 6) is 0. The first kappa shape index (κ1) is 10.9. The van der Waals surface area contributed by atoms with Gasteiger partial charge in [0.2, 0.25) is 0 Å². The Morgan fingerprint density at radius 2 is 2.12 bits per heavy atom. The molecule has 1 aromatic heterocycles. The van der Waals surface area contributed by atoms with Crippen molar-refractivity contribution in [2.24, 2.45) is 5.73 Å². The molecular formula is C11H16N4O. The number of hydrogen-bond acceptors (Lipinski definition) is 3. The van der Waals surface area contributed by atoms with Crippen molar-refractivity contribution >= 4 is 11.0 Å². The molecule has 0 fully saturated rings. The standard InChI is InChI=1S/C11H16N4O/c1-2-13-6-8(12)7-3-4-9-10(5-7)15-11(16)14-9/h3-5,8,13H,2,6,12H2,1H3,(H2,14,15,16). The molecule has 0 amide bonds. The maximum Gasteiger partial charge on any atom is 0.323 e. The second-order valence-electron chi connectivity index (χ2n) is 3.80. The van der Waals surface area contributed by atoms with Crippen molar-refractivity contribution in [3.63, 3.8) is 0 Å². The summed E-state index contributed by atoms with van der Waals surface area (Å²) in [6, 6.07) is 5.67. The Morgan fingerprint density at radius 3 is 2.88 bits per heavy atom. The van der Waals surface area contributed by atoms with Gasteiger partial charge in [0, 0.05) is 12.6 Å².